The Hall–Kier alpha value is -4.21. The van der Waals surface area contributed by atoms with Crippen LogP contribution in [0.25, 0.3) is 27.9 Å². The third-order valence-electron chi connectivity index (χ3n) is 6.30. The molecule has 5 rings (SSSR count). The van der Waals surface area contributed by atoms with Gasteiger partial charge in [0.2, 0.25) is 5.91 Å². The van der Waals surface area contributed by atoms with Crippen molar-refractivity contribution in [2.24, 2.45) is 0 Å². The Balaban J connectivity index is 1.45. The van der Waals surface area contributed by atoms with Crippen molar-refractivity contribution in [1.29, 1.82) is 0 Å². The molecule has 35 heavy (non-hydrogen) atoms. The van der Waals surface area contributed by atoms with Crippen molar-refractivity contribution in [1.82, 2.24) is 29.8 Å². The van der Waals surface area contributed by atoms with Crippen LogP contribution in [0.3, 0.4) is 0 Å². The Morgan fingerprint density at radius 3 is 2.54 bits per heavy atom. The summed E-state index contributed by atoms with van der Waals surface area (Å²) in [6, 6.07) is 13.9. The standard InChI is InChI=1S/C25H26N6O4/c1-35-18-13-11-16(12-14-18)22-28-23-19-9-5-6-10-20(19)30(25(34)31(23)29-22)15-21(32)27-24(33)26-17-7-3-2-4-8-17/h5-6,9-14,17H,2-4,7-8,15H2,1H3,(H2,26,27,32,33). The molecule has 2 aromatic carbocycles. The maximum atomic E-state index is 13.3. The molecule has 0 aliphatic heterocycles. The van der Waals surface area contributed by atoms with Gasteiger partial charge in [-0.05, 0) is 49.2 Å². The number of rotatable bonds is 5. The van der Waals surface area contributed by atoms with Crippen LogP contribution in [0.1, 0.15) is 32.1 Å². The van der Waals surface area contributed by atoms with Crippen LogP contribution in [0.4, 0.5) is 4.79 Å². The van der Waals surface area contributed by atoms with E-state index in [1.807, 2.05) is 24.3 Å². The lowest BCUT2D eigenvalue weighted by Crippen LogP contribution is -2.46. The average Bonchev–Trinajstić information content (AvgIpc) is 3.33. The second kappa shape index (κ2) is 9.57. The van der Waals surface area contributed by atoms with Gasteiger partial charge in [-0.3, -0.25) is 14.7 Å². The molecule has 4 aromatic rings. The molecule has 2 aromatic heterocycles. The molecular formula is C25H26N6O4. The van der Waals surface area contributed by atoms with E-state index in [2.05, 4.69) is 20.7 Å². The number of para-hydroxylation sites is 1. The maximum Gasteiger partial charge on any atom is 0.351 e. The number of carbonyl (C=O) groups is 2. The minimum absolute atomic E-state index is 0.0722. The SMILES string of the molecule is COc1ccc(-c2nc3c4ccccc4n(CC(=O)NC(=O)NC4CCCCC4)c(=O)n3n2)cc1. The van der Waals surface area contributed by atoms with Gasteiger partial charge in [-0.15, -0.1) is 5.10 Å². The highest BCUT2D eigenvalue weighted by Gasteiger charge is 2.20. The van der Waals surface area contributed by atoms with E-state index in [4.69, 9.17) is 4.74 Å². The van der Waals surface area contributed by atoms with Crippen LogP contribution in [-0.2, 0) is 11.3 Å². The smallest absolute Gasteiger partial charge is 0.351 e. The lowest BCUT2D eigenvalue weighted by atomic mass is 9.96. The Kier molecular flexibility index (Phi) is 6.17. The largest absolute Gasteiger partial charge is 0.497 e. The lowest BCUT2D eigenvalue weighted by Gasteiger charge is -2.22. The molecular weight excluding hydrogens is 448 g/mol. The van der Waals surface area contributed by atoms with Gasteiger partial charge in [0.25, 0.3) is 0 Å². The number of hydrogen-bond acceptors (Lipinski definition) is 6. The molecule has 2 N–H and O–H groups in total. The highest BCUT2D eigenvalue weighted by molar-refractivity contribution is 5.96. The van der Waals surface area contributed by atoms with Crippen LogP contribution < -0.4 is 21.1 Å². The number of carbonyl (C=O) groups excluding carboxylic acids is 2. The molecule has 0 bridgehead atoms. The zero-order chi connectivity index (χ0) is 24.4. The molecule has 1 saturated carbocycles. The third kappa shape index (κ3) is 4.59. The summed E-state index contributed by atoms with van der Waals surface area (Å²) in [5, 5.41) is 10.3. The van der Waals surface area contributed by atoms with E-state index in [1.54, 1.807) is 31.4 Å². The molecule has 10 nitrogen and oxygen atoms in total. The van der Waals surface area contributed by atoms with Crippen molar-refractivity contribution in [3.63, 3.8) is 0 Å². The van der Waals surface area contributed by atoms with Gasteiger partial charge in [-0.1, -0.05) is 31.4 Å². The number of methoxy groups -OCH3 is 1. The highest BCUT2D eigenvalue weighted by Crippen LogP contribution is 2.23. The van der Waals surface area contributed by atoms with E-state index in [-0.39, 0.29) is 12.6 Å². The summed E-state index contributed by atoms with van der Waals surface area (Å²) in [7, 11) is 1.59. The monoisotopic (exact) mass is 474 g/mol. The highest BCUT2D eigenvalue weighted by atomic mass is 16.5. The second-order valence-electron chi connectivity index (χ2n) is 8.64. The van der Waals surface area contributed by atoms with E-state index >= 15 is 0 Å². The van der Waals surface area contributed by atoms with Crippen molar-refractivity contribution >= 4 is 28.5 Å². The van der Waals surface area contributed by atoms with Crippen LogP contribution in [-0.4, -0.2) is 44.3 Å². The summed E-state index contributed by atoms with van der Waals surface area (Å²) in [5.74, 6) is 0.494. The fourth-order valence-electron chi connectivity index (χ4n) is 4.53. The molecule has 1 aliphatic carbocycles. The molecule has 0 unspecified atom stereocenters. The van der Waals surface area contributed by atoms with Gasteiger partial charge in [0.1, 0.15) is 12.3 Å². The zero-order valence-electron chi connectivity index (χ0n) is 19.4. The van der Waals surface area contributed by atoms with Crippen molar-refractivity contribution in [3.05, 3.63) is 59.0 Å². The number of benzene rings is 2. The Bertz CT molecular complexity index is 1450. The Morgan fingerprint density at radius 1 is 1.06 bits per heavy atom. The number of ether oxygens (including phenoxy) is 1. The molecule has 0 spiro atoms. The van der Waals surface area contributed by atoms with Gasteiger partial charge < -0.3 is 10.1 Å². The van der Waals surface area contributed by atoms with Crippen LogP contribution in [0.15, 0.2) is 53.3 Å². The van der Waals surface area contributed by atoms with E-state index in [9.17, 15) is 14.4 Å². The van der Waals surface area contributed by atoms with Crippen LogP contribution in [0, 0.1) is 0 Å². The summed E-state index contributed by atoms with van der Waals surface area (Å²) in [5.41, 5.74) is 1.13. The van der Waals surface area contributed by atoms with Gasteiger partial charge in [0.05, 0.1) is 12.6 Å². The first-order valence-corrected chi connectivity index (χ1v) is 11.7. The topological polar surface area (TPSA) is 120 Å². The molecule has 180 valence electrons. The van der Waals surface area contributed by atoms with Crippen LogP contribution in [0.5, 0.6) is 5.75 Å². The second-order valence-corrected chi connectivity index (χ2v) is 8.64. The van der Waals surface area contributed by atoms with E-state index in [0.29, 0.717) is 28.1 Å². The first-order chi connectivity index (χ1) is 17.0. The van der Waals surface area contributed by atoms with Crippen molar-refractivity contribution in [2.75, 3.05) is 7.11 Å². The molecule has 3 amide bonds. The number of urea groups is 1. The van der Waals surface area contributed by atoms with Crippen molar-refractivity contribution in [2.45, 2.75) is 44.7 Å². The summed E-state index contributed by atoms with van der Waals surface area (Å²) in [6.45, 7) is -0.328. The summed E-state index contributed by atoms with van der Waals surface area (Å²) in [6.07, 6.45) is 5.11. The molecule has 10 heteroatoms. The lowest BCUT2D eigenvalue weighted by molar-refractivity contribution is -0.120. The summed E-state index contributed by atoms with van der Waals surface area (Å²) >= 11 is 0. The van der Waals surface area contributed by atoms with Gasteiger partial charge in [0.15, 0.2) is 11.5 Å². The van der Waals surface area contributed by atoms with Gasteiger partial charge >= 0.3 is 11.7 Å². The molecule has 1 aliphatic rings. The van der Waals surface area contributed by atoms with Crippen LogP contribution >= 0.6 is 0 Å². The number of amides is 3. The van der Waals surface area contributed by atoms with Crippen molar-refractivity contribution < 1.29 is 14.3 Å². The number of fused-ring (bicyclic) bond motifs is 3. The fraction of sp³-hybridized carbons (Fsp3) is 0.320. The third-order valence-corrected chi connectivity index (χ3v) is 6.30. The average molecular weight is 475 g/mol. The molecule has 0 saturated heterocycles. The van der Waals surface area contributed by atoms with Gasteiger partial charge in [0, 0.05) is 17.0 Å². The number of imide groups is 1. The first kappa shape index (κ1) is 22.6. The van der Waals surface area contributed by atoms with Gasteiger partial charge in [-0.2, -0.15) is 4.52 Å². The normalized spacial score (nSPS) is 14.2. The number of nitrogens with one attached hydrogen (secondary N) is 2. The minimum Gasteiger partial charge on any atom is -0.497 e. The first-order valence-electron chi connectivity index (χ1n) is 11.7. The quantitative estimate of drug-likeness (QED) is 0.459. The molecule has 1 fully saturated rings. The predicted octanol–water partition coefficient (Wildman–Crippen LogP) is 2.88. The van der Waals surface area contributed by atoms with Gasteiger partial charge in [-0.25, -0.2) is 14.6 Å². The van der Waals surface area contributed by atoms with E-state index in [0.717, 1.165) is 31.2 Å². The number of hydrogen-bond donors (Lipinski definition) is 2. The van der Waals surface area contributed by atoms with E-state index in [1.165, 1.54) is 15.5 Å². The summed E-state index contributed by atoms with van der Waals surface area (Å²) < 4.78 is 7.69. The molecule has 0 atom stereocenters. The van der Waals surface area contributed by atoms with Crippen molar-refractivity contribution in [3.8, 4) is 17.1 Å². The predicted molar refractivity (Wildman–Crippen MR) is 130 cm³/mol. The number of aromatic nitrogens is 4. The Labute approximate surface area is 200 Å². The molecule has 0 radical (unpaired) electrons. The summed E-state index contributed by atoms with van der Waals surface area (Å²) in [4.78, 5) is 42.9. The van der Waals surface area contributed by atoms with E-state index < -0.39 is 17.6 Å². The maximum absolute atomic E-state index is 13.3. The minimum atomic E-state index is -0.583. The fourth-order valence-corrected chi connectivity index (χ4v) is 4.53. The zero-order valence-corrected chi connectivity index (χ0v) is 19.4. The number of nitrogens with zero attached hydrogens (tertiary/aromatic N) is 4. The Morgan fingerprint density at radius 2 is 1.80 bits per heavy atom. The van der Waals surface area contributed by atoms with Crippen LogP contribution in [0.2, 0.25) is 0 Å². The molecule has 2 heterocycles.